The SMILES string of the molecule is CCCC(C)C(=O)N1C2CCC1CC(CC(=O)O)C2. The Morgan fingerprint density at radius 1 is 1.26 bits per heavy atom. The van der Waals surface area contributed by atoms with Gasteiger partial charge in [-0.2, -0.15) is 0 Å². The summed E-state index contributed by atoms with van der Waals surface area (Å²) >= 11 is 0. The number of fused-ring (bicyclic) bond motifs is 2. The van der Waals surface area contributed by atoms with Gasteiger partial charge in [-0.25, -0.2) is 0 Å². The van der Waals surface area contributed by atoms with Crippen molar-refractivity contribution in [2.75, 3.05) is 0 Å². The first-order valence-electron chi connectivity index (χ1n) is 7.56. The van der Waals surface area contributed by atoms with Crippen molar-refractivity contribution in [1.82, 2.24) is 4.90 Å². The molecule has 2 heterocycles. The van der Waals surface area contributed by atoms with Crippen LogP contribution in [0.1, 0.15) is 58.8 Å². The van der Waals surface area contributed by atoms with Gasteiger partial charge in [0.25, 0.3) is 0 Å². The molecule has 2 aliphatic rings. The normalized spacial score (nSPS) is 31.3. The summed E-state index contributed by atoms with van der Waals surface area (Å²) in [5, 5.41) is 8.91. The van der Waals surface area contributed by atoms with Gasteiger partial charge in [0.05, 0.1) is 0 Å². The molecule has 1 amide bonds. The molecule has 2 rings (SSSR count). The highest BCUT2D eigenvalue weighted by Gasteiger charge is 2.44. The Balaban J connectivity index is 1.99. The molecule has 0 radical (unpaired) electrons. The predicted octanol–water partition coefficient (Wildman–Crippen LogP) is 2.67. The van der Waals surface area contributed by atoms with Gasteiger partial charge in [0.1, 0.15) is 0 Å². The number of carboxylic acids is 1. The van der Waals surface area contributed by atoms with Crippen molar-refractivity contribution in [1.29, 1.82) is 0 Å². The molecule has 0 aromatic rings. The topological polar surface area (TPSA) is 57.6 Å². The van der Waals surface area contributed by atoms with Gasteiger partial charge < -0.3 is 10.0 Å². The van der Waals surface area contributed by atoms with Crippen LogP contribution in [0.5, 0.6) is 0 Å². The zero-order chi connectivity index (χ0) is 14.0. The molecule has 0 aromatic carbocycles. The Bertz CT molecular complexity index is 341. The second kappa shape index (κ2) is 5.93. The second-order valence-corrected chi connectivity index (χ2v) is 6.26. The van der Waals surface area contributed by atoms with Crippen molar-refractivity contribution in [2.45, 2.75) is 70.9 Å². The Kier molecular flexibility index (Phi) is 4.48. The van der Waals surface area contributed by atoms with Gasteiger partial charge in [-0.3, -0.25) is 9.59 Å². The van der Waals surface area contributed by atoms with Crippen LogP contribution in [0.2, 0.25) is 0 Å². The molecule has 0 spiro atoms. The van der Waals surface area contributed by atoms with Crippen molar-refractivity contribution in [3.05, 3.63) is 0 Å². The van der Waals surface area contributed by atoms with Gasteiger partial charge in [0.2, 0.25) is 5.91 Å². The number of rotatable bonds is 5. The number of hydrogen-bond donors (Lipinski definition) is 1. The van der Waals surface area contributed by atoms with Crippen LogP contribution in [0.25, 0.3) is 0 Å². The van der Waals surface area contributed by atoms with E-state index in [0.717, 1.165) is 38.5 Å². The average Bonchev–Trinajstić information content (AvgIpc) is 2.59. The molecule has 19 heavy (non-hydrogen) atoms. The minimum atomic E-state index is -0.705. The van der Waals surface area contributed by atoms with Crippen LogP contribution < -0.4 is 0 Å². The van der Waals surface area contributed by atoms with Gasteiger partial charge in [-0.1, -0.05) is 20.3 Å². The van der Waals surface area contributed by atoms with E-state index in [1.165, 1.54) is 0 Å². The predicted molar refractivity (Wildman–Crippen MR) is 72.7 cm³/mol. The lowest BCUT2D eigenvalue weighted by Crippen LogP contribution is -2.48. The molecule has 2 saturated heterocycles. The van der Waals surface area contributed by atoms with Crippen LogP contribution in [0.15, 0.2) is 0 Å². The molecule has 108 valence electrons. The molecular formula is C15H25NO3. The number of carbonyl (C=O) groups excluding carboxylic acids is 1. The largest absolute Gasteiger partial charge is 0.481 e. The second-order valence-electron chi connectivity index (χ2n) is 6.26. The van der Waals surface area contributed by atoms with E-state index in [4.69, 9.17) is 5.11 Å². The number of piperidine rings is 1. The summed E-state index contributed by atoms with van der Waals surface area (Å²) in [6.45, 7) is 4.13. The summed E-state index contributed by atoms with van der Waals surface area (Å²) in [5.41, 5.74) is 0. The molecule has 0 aliphatic carbocycles. The third-order valence-corrected chi connectivity index (χ3v) is 4.69. The maximum absolute atomic E-state index is 12.5. The number of hydrogen-bond acceptors (Lipinski definition) is 2. The zero-order valence-corrected chi connectivity index (χ0v) is 12.0. The summed E-state index contributed by atoms with van der Waals surface area (Å²) in [7, 11) is 0. The molecule has 0 saturated carbocycles. The van der Waals surface area contributed by atoms with Crippen molar-refractivity contribution >= 4 is 11.9 Å². The first-order valence-corrected chi connectivity index (χ1v) is 7.56. The summed E-state index contributed by atoms with van der Waals surface area (Å²) in [6.07, 6.45) is 6.14. The van der Waals surface area contributed by atoms with E-state index >= 15 is 0 Å². The molecule has 3 unspecified atom stereocenters. The molecule has 1 N–H and O–H groups in total. The van der Waals surface area contributed by atoms with E-state index in [2.05, 4.69) is 11.8 Å². The number of carbonyl (C=O) groups is 2. The van der Waals surface area contributed by atoms with Crippen molar-refractivity contribution in [3.63, 3.8) is 0 Å². The van der Waals surface area contributed by atoms with Crippen molar-refractivity contribution in [3.8, 4) is 0 Å². The Labute approximate surface area is 115 Å². The third-order valence-electron chi connectivity index (χ3n) is 4.69. The fraction of sp³-hybridized carbons (Fsp3) is 0.867. The Hall–Kier alpha value is -1.06. The van der Waals surface area contributed by atoms with E-state index in [1.54, 1.807) is 0 Å². The van der Waals surface area contributed by atoms with Crippen LogP contribution in [0, 0.1) is 11.8 Å². The van der Waals surface area contributed by atoms with E-state index in [9.17, 15) is 9.59 Å². The lowest BCUT2D eigenvalue weighted by molar-refractivity contribution is -0.142. The molecule has 2 aliphatic heterocycles. The summed E-state index contributed by atoms with van der Waals surface area (Å²) in [5.74, 6) is -0.0312. The highest BCUT2D eigenvalue weighted by Crippen LogP contribution is 2.40. The molecular weight excluding hydrogens is 242 g/mol. The number of aliphatic carboxylic acids is 1. The van der Waals surface area contributed by atoms with Gasteiger partial charge in [-0.05, 0) is 38.0 Å². The van der Waals surface area contributed by atoms with Crippen molar-refractivity contribution < 1.29 is 14.7 Å². The lowest BCUT2D eigenvalue weighted by atomic mass is 9.87. The standard InChI is InChI=1S/C15H25NO3/c1-3-4-10(2)15(19)16-12-5-6-13(16)8-11(7-12)9-14(17)18/h10-13H,3-9H2,1-2H3,(H,17,18). The van der Waals surface area contributed by atoms with Gasteiger partial charge in [0, 0.05) is 24.4 Å². The van der Waals surface area contributed by atoms with Gasteiger partial charge in [0.15, 0.2) is 0 Å². The fourth-order valence-electron chi connectivity index (χ4n) is 3.87. The highest BCUT2D eigenvalue weighted by atomic mass is 16.4. The third kappa shape index (κ3) is 3.10. The minimum Gasteiger partial charge on any atom is -0.481 e. The molecule has 2 fully saturated rings. The van der Waals surface area contributed by atoms with Crippen LogP contribution in [0.4, 0.5) is 0 Å². The quantitative estimate of drug-likeness (QED) is 0.833. The maximum Gasteiger partial charge on any atom is 0.303 e. The first kappa shape index (κ1) is 14.4. The first-order chi connectivity index (χ1) is 9.02. The number of carboxylic acid groups (broad SMARTS) is 1. The molecule has 4 heteroatoms. The Morgan fingerprint density at radius 3 is 2.32 bits per heavy atom. The Morgan fingerprint density at radius 2 is 1.84 bits per heavy atom. The van der Waals surface area contributed by atoms with Crippen LogP contribution >= 0.6 is 0 Å². The smallest absolute Gasteiger partial charge is 0.303 e. The van der Waals surface area contributed by atoms with Gasteiger partial charge in [-0.15, -0.1) is 0 Å². The lowest BCUT2D eigenvalue weighted by Gasteiger charge is -2.40. The summed E-state index contributed by atoms with van der Waals surface area (Å²) in [4.78, 5) is 25.4. The maximum atomic E-state index is 12.5. The minimum absolute atomic E-state index is 0.115. The molecule has 0 aromatic heterocycles. The van der Waals surface area contributed by atoms with Crippen LogP contribution in [-0.2, 0) is 9.59 Å². The van der Waals surface area contributed by atoms with E-state index < -0.39 is 5.97 Å². The number of nitrogens with zero attached hydrogens (tertiary/aromatic N) is 1. The number of amides is 1. The summed E-state index contributed by atoms with van der Waals surface area (Å²) in [6, 6.07) is 0.602. The molecule has 2 bridgehead atoms. The summed E-state index contributed by atoms with van der Waals surface area (Å²) < 4.78 is 0. The highest BCUT2D eigenvalue weighted by molar-refractivity contribution is 5.79. The average molecular weight is 267 g/mol. The molecule has 3 atom stereocenters. The van der Waals surface area contributed by atoms with Crippen LogP contribution in [-0.4, -0.2) is 34.0 Å². The van der Waals surface area contributed by atoms with E-state index in [1.807, 2.05) is 6.92 Å². The fourth-order valence-corrected chi connectivity index (χ4v) is 3.87. The van der Waals surface area contributed by atoms with E-state index in [-0.39, 0.29) is 18.3 Å². The van der Waals surface area contributed by atoms with Crippen molar-refractivity contribution in [2.24, 2.45) is 11.8 Å². The van der Waals surface area contributed by atoms with Gasteiger partial charge >= 0.3 is 5.97 Å². The monoisotopic (exact) mass is 267 g/mol. The molecule has 4 nitrogen and oxygen atoms in total. The zero-order valence-electron chi connectivity index (χ0n) is 12.0. The van der Waals surface area contributed by atoms with Crippen LogP contribution in [0.3, 0.4) is 0 Å². The van der Waals surface area contributed by atoms with E-state index in [0.29, 0.717) is 18.0 Å².